The van der Waals surface area contributed by atoms with Gasteiger partial charge < -0.3 is 20.9 Å². The average Bonchev–Trinajstić information content (AvgIpc) is 2.25. The second-order valence-corrected chi connectivity index (χ2v) is 4.92. The number of ether oxygens (including phenoxy) is 1. The Bertz CT molecular complexity index is 494. The van der Waals surface area contributed by atoms with Gasteiger partial charge in [0.15, 0.2) is 0 Å². The van der Waals surface area contributed by atoms with Crippen LogP contribution in [0.3, 0.4) is 0 Å². The Morgan fingerprint density at radius 2 is 2.11 bits per heavy atom. The molecule has 104 valence electrons. The van der Waals surface area contributed by atoms with E-state index in [0.29, 0.717) is 5.69 Å². The number of rotatable bonds is 3. The van der Waals surface area contributed by atoms with Crippen LogP contribution in [-0.4, -0.2) is 27.8 Å². The molecule has 7 nitrogen and oxygen atoms in total. The molecule has 0 saturated heterocycles. The molecule has 1 aromatic heterocycles. The van der Waals surface area contributed by atoms with Gasteiger partial charge in [0.05, 0.1) is 29.7 Å². The molecule has 1 amide bonds. The number of pyridine rings is 1. The Balaban J connectivity index is 2.66. The smallest absolute Gasteiger partial charge is 0.407 e. The number of nitrogen functional groups attached to an aromatic ring is 1. The number of carbonyl (C=O) groups excluding carboxylic acids is 1. The van der Waals surface area contributed by atoms with Gasteiger partial charge in [0, 0.05) is 0 Å². The van der Waals surface area contributed by atoms with Gasteiger partial charge in [-0.25, -0.2) is 9.59 Å². The van der Waals surface area contributed by atoms with Crippen molar-refractivity contribution in [3.8, 4) is 0 Å². The van der Waals surface area contributed by atoms with Crippen LogP contribution in [0.15, 0.2) is 12.3 Å². The van der Waals surface area contributed by atoms with Crippen LogP contribution in [0.5, 0.6) is 0 Å². The molecule has 1 rings (SSSR count). The molecule has 19 heavy (non-hydrogen) atoms. The van der Waals surface area contributed by atoms with E-state index in [9.17, 15) is 9.59 Å². The summed E-state index contributed by atoms with van der Waals surface area (Å²) < 4.78 is 5.04. The van der Waals surface area contributed by atoms with Crippen LogP contribution >= 0.6 is 0 Å². The molecule has 4 N–H and O–H groups in total. The maximum Gasteiger partial charge on any atom is 0.407 e. The first-order valence-electron chi connectivity index (χ1n) is 5.63. The maximum atomic E-state index is 11.4. The third kappa shape index (κ3) is 4.82. The largest absolute Gasteiger partial charge is 0.478 e. The molecule has 0 aliphatic heterocycles. The van der Waals surface area contributed by atoms with Gasteiger partial charge in [-0.3, -0.25) is 4.98 Å². The van der Waals surface area contributed by atoms with Crippen molar-refractivity contribution in [2.75, 3.05) is 5.73 Å². The van der Waals surface area contributed by atoms with Gasteiger partial charge in [-0.05, 0) is 26.8 Å². The second-order valence-electron chi connectivity index (χ2n) is 4.92. The van der Waals surface area contributed by atoms with Gasteiger partial charge in [0.2, 0.25) is 0 Å². The fraction of sp³-hybridized carbons (Fsp3) is 0.417. The van der Waals surface area contributed by atoms with E-state index in [1.165, 1.54) is 12.3 Å². The fourth-order valence-corrected chi connectivity index (χ4v) is 1.27. The summed E-state index contributed by atoms with van der Waals surface area (Å²) in [5, 5.41) is 11.4. The van der Waals surface area contributed by atoms with Crippen molar-refractivity contribution in [3.05, 3.63) is 23.5 Å². The Labute approximate surface area is 110 Å². The normalized spacial score (nSPS) is 10.9. The molecular weight excluding hydrogens is 250 g/mol. The number of nitrogens with two attached hydrogens (primary N) is 1. The molecule has 0 atom stereocenters. The number of aromatic nitrogens is 1. The third-order valence-electron chi connectivity index (χ3n) is 2.03. The molecule has 0 spiro atoms. The Hall–Kier alpha value is -2.31. The molecule has 1 heterocycles. The predicted octanol–water partition coefficient (Wildman–Crippen LogP) is 1.39. The van der Waals surface area contributed by atoms with Crippen molar-refractivity contribution in [1.29, 1.82) is 0 Å². The van der Waals surface area contributed by atoms with E-state index in [0.717, 1.165) is 0 Å². The highest BCUT2D eigenvalue weighted by Crippen LogP contribution is 2.12. The minimum absolute atomic E-state index is 0.0454. The van der Waals surface area contributed by atoms with E-state index in [-0.39, 0.29) is 17.8 Å². The Morgan fingerprint density at radius 3 is 2.63 bits per heavy atom. The van der Waals surface area contributed by atoms with E-state index in [4.69, 9.17) is 15.6 Å². The van der Waals surface area contributed by atoms with Crippen LogP contribution in [0.1, 0.15) is 36.8 Å². The summed E-state index contributed by atoms with van der Waals surface area (Å²) in [5.74, 6) is -1.14. The number of carbonyl (C=O) groups is 2. The van der Waals surface area contributed by atoms with Crippen molar-refractivity contribution in [1.82, 2.24) is 10.3 Å². The SMILES string of the molecule is CC(C)(C)OC(=O)NCc1cc(C(=O)O)c(N)cn1. The highest BCUT2D eigenvalue weighted by atomic mass is 16.6. The number of carboxylic acid groups (broad SMARTS) is 1. The van der Waals surface area contributed by atoms with Gasteiger partial charge in [-0.15, -0.1) is 0 Å². The van der Waals surface area contributed by atoms with Crippen molar-refractivity contribution in [2.45, 2.75) is 32.9 Å². The van der Waals surface area contributed by atoms with Crippen molar-refractivity contribution < 1.29 is 19.4 Å². The molecule has 0 unspecified atom stereocenters. The molecule has 0 bridgehead atoms. The van der Waals surface area contributed by atoms with E-state index < -0.39 is 17.7 Å². The van der Waals surface area contributed by atoms with E-state index in [2.05, 4.69) is 10.3 Å². The standard InChI is InChI=1S/C12H17N3O4/c1-12(2,3)19-11(18)15-5-7-4-8(10(16)17)9(13)6-14-7/h4,6H,5,13H2,1-3H3,(H,15,18)(H,16,17). The van der Waals surface area contributed by atoms with Crippen LogP contribution in [0, 0.1) is 0 Å². The van der Waals surface area contributed by atoms with E-state index >= 15 is 0 Å². The zero-order valence-corrected chi connectivity index (χ0v) is 11.1. The van der Waals surface area contributed by atoms with Gasteiger partial charge in [0.25, 0.3) is 0 Å². The minimum Gasteiger partial charge on any atom is -0.478 e. The van der Waals surface area contributed by atoms with Crippen LogP contribution in [0.25, 0.3) is 0 Å². The number of anilines is 1. The minimum atomic E-state index is -1.14. The molecule has 0 radical (unpaired) electrons. The second kappa shape index (κ2) is 5.55. The Morgan fingerprint density at radius 1 is 1.47 bits per heavy atom. The molecular formula is C12H17N3O4. The van der Waals surface area contributed by atoms with Crippen LogP contribution in [0.2, 0.25) is 0 Å². The number of hydrogen-bond donors (Lipinski definition) is 3. The number of aromatic carboxylic acids is 1. The summed E-state index contributed by atoms with van der Waals surface area (Å²) in [6, 6.07) is 1.31. The molecule has 7 heteroatoms. The lowest BCUT2D eigenvalue weighted by Crippen LogP contribution is -2.32. The van der Waals surface area contributed by atoms with Gasteiger partial charge in [-0.1, -0.05) is 0 Å². The third-order valence-corrected chi connectivity index (χ3v) is 2.03. The van der Waals surface area contributed by atoms with Gasteiger partial charge >= 0.3 is 12.1 Å². The first-order chi connectivity index (χ1) is 8.69. The van der Waals surface area contributed by atoms with Crippen LogP contribution < -0.4 is 11.1 Å². The highest BCUT2D eigenvalue weighted by Gasteiger charge is 2.16. The fourth-order valence-electron chi connectivity index (χ4n) is 1.27. The zero-order valence-electron chi connectivity index (χ0n) is 11.1. The molecule has 0 aliphatic carbocycles. The number of nitrogens with zero attached hydrogens (tertiary/aromatic N) is 1. The van der Waals surface area contributed by atoms with Crippen molar-refractivity contribution >= 4 is 17.7 Å². The number of nitrogens with one attached hydrogen (secondary N) is 1. The number of carboxylic acids is 1. The lowest BCUT2D eigenvalue weighted by molar-refractivity contribution is 0.0522. The summed E-state index contributed by atoms with van der Waals surface area (Å²) in [5.41, 5.74) is 5.30. The highest BCUT2D eigenvalue weighted by molar-refractivity contribution is 5.93. The van der Waals surface area contributed by atoms with Crippen LogP contribution in [0.4, 0.5) is 10.5 Å². The summed E-state index contributed by atoms with van der Waals surface area (Å²) in [4.78, 5) is 26.2. The van der Waals surface area contributed by atoms with Crippen molar-refractivity contribution in [2.24, 2.45) is 0 Å². The lowest BCUT2D eigenvalue weighted by Gasteiger charge is -2.19. The first kappa shape index (κ1) is 14.7. The van der Waals surface area contributed by atoms with E-state index in [1.54, 1.807) is 20.8 Å². The van der Waals surface area contributed by atoms with Crippen LogP contribution in [-0.2, 0) is 11.3 Å². The lowest BCUT2D eigenvalue weighted by atomic mass is 10.2. The molecule has 0 aliphatic rings. The monoisotopic (exact) mass is 267 g/mol. The predicted molar refractivity (Wildman–Crippen MR) is 68.7 cm³/mol. The molecule has 0 aromatic carbocycles. The summed E-state index contributed by atoms with van der Waals surface area (Å²) in [6.45, 7) is 5.30. The maximum absolute atomic E-state index is 11.4. The number of amides is 1. The van der Waals surface area contributed by atoms with Gasteiger partial charge in [0.1, 0.15) is 5.60 Å². The topological polar surface area (TPSA) is 115 Å². The molecule has 1 aromatic rings. The zero-order chi connectivity index (χ0) is 14.6. The summed E-state index contributed by atoms with van der Waals surface area (Å²) in [6.07, 6.45) is 0.651. The molecule has 0 fully saturated rings. The van der Waals surface area contributed by atoms with Gasteiger partial charge in [-0.2, -0.15) is 0 Å². The summed E-state index contributed by atoms with van der Waals surface area (Å²) in [7, 11) is 0. The van der Waals surface area contributed by atoms with E-state index in [1.807, 2.05) is 0 Å². The number of hydrogen-bond acceptors (Lipinski definition) is 5. The first-order valence-corrected chi connectivity index (χ1v) is 5.63. The quantitative estimate of drug-likeness (QED) is 0.762. The number of alkyl carbamates (subject to hydrolysis) is 1. The molecule has 0 saturated carbocycles. The summed E-state index contributed by atoms with van der Waals surface area (Å²) >= 11 is 0. The average molecular weight is 267 g/mol. The van der Waals surface area contributed by atoms with Crippen molar-refractivity contribution in [3.63, 3.8) is 0 Å². The Kier molecular flexibility index (Phi) is 4.31.